The zero-order valence-electron chi connectivity index (χ0n) is 11.4. The van der Waals surface area contributed by atoms with Crippen molar-refractivity contribution >= 4 is 6.29 Å². The molecule has 1 aliphatic rings. The Balaban J connectivity index is 1.86. The van der Waals surface area contributed by atoms with Crippen LogP contribution in [0.3, 0.4) is 0 Å². The SMILES string of the molecule is Cc1cc(C=O)c(C)n1CCOC1CCCCC1. The fourth-order valence-corrected chi connectivity index (χ4v) is 2.83. The maximum absolute atomic E-state index is 10.9. The molecule has 18 heavy (non-hydrogen) atoms. The maximum atomic E-state index is 10.9. The van der Waals surface area contributed by atoms with E-state index in [9.17, 15) is 4.79 Å². The number of aryl methyl sites for hydroxylation is 1. The second-order valence-corrected chi connectivity index (χ2v) is 5.23. The molecule has 0 N–H and O–H groups in total. The number of hydrogen-bond donors (Lipinski definition) is 0. The van der Waals surface area contributed by atoms with E-state index < -0.39 is 0 Å². The van der Waals surface area contributed by atoms with Gasteiger partial charge in [-0.3, -0.25) is 4.79 Å². The molecule has 0 spiro atoms. The van der Waals surface area contributed by atoms with Gasteiger partial charge < -0.3 is 9.30 Å². The van der Waals surface area contributed by atoms with E-state index >= 15 is 0 Å². The van der Waals surface area contributed by atoms with E-state index in [1.54, 1.807) is 0 Å². The molecule has 0 radical (unpaired) electrons. The Hall–Kier alpha value is -1.09. The monoisotopic (exact) mass is 249 g/mol. The Morgan fingerprint density at radius 1 is 1.33 bits per heavy atom. The summed E-state index contributed by atoms with van der Waals surface area (Å²) in [5.41, 5.74) is 2.99. The Morgan fingerprint density at radius 3 is 2.67 bits per heavy atom. The first-order valence-corrected chi connectivity index (χ1v) is 6.96. The number of aromatic nitrogens is 1. The lowest BCUT2D eigenvalue weighted by atomic mass is 9.98. The van der Waals surface area contributed by atoms with Gasteiger partial charge in [0.25, 0.3) is 0 Å². The summed E-state index contributed by atoms with van der Waals surface area (Å²) in [7, 11) is 0. The Kier molecular flexibility index (Phi) is 4.59. The van der Waals surface area contributed by atoms with E-state index in [2.05, 4.69) is 4.57 Å². The summed E-state index contributed by atoms with van der Waals surface area (Å²) in [6.45, 7) is 5.64. The van der Waals surface area contributed by atoms with Gasteiger partial charge in [-0.25, -0.2) is 0 Å². The summed E-state index contributed by atoms with van der Waals surface area (Å²) in [5, 5.41) is 0. The molecule has 1 aromatic rings. The van der Waals surface area contributed by atoms with E-state index in [1.165, 1.54) is 32.1 Å². The van der Waals surface area contributed by atoms with Crippen LogP contribution in [0, 0.1) is 13.8 Å². The molecule has 1 aromatic heterocycles. The van der Waals surface area contributed by atoms with Gasteiger partial charge in [0.2, 0.25) is 0 Å². The summed E-state index contributed by atoms with van der Waals surface area (Å²) in [5.74, 6) is 0. The molecule has 2 rings (SSSR count). The summed E-state index contributed by atoms with van der Waals surface area (Å²) in [6, 6.07) is 1.95. The molecule has 0 amide bonds. The smallest absolute Gasteiger partial charge is 0.151 e. The van der Waals surface area contributed by atoms with Crippen LogP contribution in [-0.4, -0.2) is 23.6 Å². The molecule has 0 aliphatic heterocycles. The third-order valence-corrected chi connectivity index (χ3v) is 3.96. The van der Waals surface area contributed by atoms with Crippen molar-refractivity contribution in [3.8, 4) is 0 Å². The van der Waals surface area contributed by atoms with Crippen molar-refractivity contribution in [1.82, 2.24) is 4.57 Å². The van der Waals surface area contributed by atoms with Crippen molar-refractivity contribution in [1.29, 1.82) is 0 Å². The number of aldehydes is 1. The number of ether oxygens (including phenoxy) is 1. The summed E-state index contributed by atoms with van der Waals surface area (Å²) in [4.78, 5) is 10.9. The number of rotatable bonds is 5. The van der Waals surface area contributed by atoms with Crippen molar-refractivity contribution in [3.05, 3.63) is 23.0 Å². The van der Waals surface area contributed by atoms with E-state index in [0.717, 1.165) is 36.4 Å². The van der Waals surface area contributed by atoms with Gasteiger partial charge in [0.15, 0.2) is 6.29 Å². The van der Waals surface area contributed by atoms with Gasteiger partial charge in [0, 0.05) is 23.5 Å². The predicted octanol–water partition coefficient (Wildman–Crippen LogP) is 3.27. The van der Waals surface area contributed by atoms with Crippen molar-refractivity contribution < 1.29 is 9.53 Å². The van der Waals surface area contributed by atoms with Crippen molar-refractivity contribution in [2.45, 2.75) is 58.6 Å². The molecule has 1 fully saturated rings. The van der Waals surface area contributed by atoms with Gasteiger partial charge in [-0.2, -0.15) is 0 Å². The normalized spacial score (nSPS) is 17.0. The van der Waals surface area contributed by atoms with Gasteiger partial charge in [0.05, 0.1) is 12.7 Å². The number of carbonyl (C=O) groups excluding carboxylic acids is 1. The van der Waals surface area contributed by atoms with Gasteiger partial charge in [-0.15, -0.1) is 0 Å². The molecule has 0 atom stereocenters. The van der Waals surface area contributed by atoms with Crippen LogP contribution in [0.15, 0.2) is 6.07 Å². The molecule has 1 aliphatic carbocycles. The zero-order chi connectivity index (χ0) is 13.0. The van der Waals surface area contributed by atoms with Crippen LogP contribution in [0.5, 0.6) is 0 Å². The highest BCUT2D eigenvalue weighted by Crippen LogP contribution is 2.20. The van der Waals surface area contributed by atoms with Gasteiger partial charge in [0.1, 0.15) is 0 Å². The van der Waals surface area contributed by atoms with E-state index in [1.807, 2.05) is 19.9 Å². The van der Waals surface area contributed by atoms with Crippen LogP contribution in [0.25, 0.3) is 0 Å². The molecule has 0 unspecified atom stereocenters. The Labute approximate surface area is 109 Å². The van der Waals surface area contributed by atoms with Crippen molar-refractivity contribution in [3.63, 3.8) is 0 Å². The largest absolute Gasteiger partial charge is 0.376 e. The zero-order valence-corrected chi connectivity index (χ0v) is 11.4. The molecule has 0 aromatic carbocycles. The quantitative estimate of drug-likeness (QED) is 0.750. The standard InChI is InChI=1S/C15H23NO2/c1-12-10-14(11-17)13(2)16(12)8-9-18-15-6-4-3-5-7-15/h10-11,15H,3-9H2,1-2H3. The fraction of sp³-hybridized carbons (Fsp3) is 0.667. The average molecular weight is 249 g/mol. The molecule has 1 saturated carbocycles. The van der Waals surface area contributed by atoms with Gasteiger partial charge in [-0.1, -0.05) is 19.3 Å². The maximum Gasteiger partial charge on any atom is 0.151 e. The van der Waals surface area contributed by atoms with Crippen LogP contribution in [0.4, 0.5) is 0 Å². The fourth-order valence-electron chi connectivity index (χ4n) is 2.83. The molecular formula is C15H23NO2. The molecule has 1 heterocycles. The van der Waals surface area contributed by atoms with E-state index in [0.29, 0.717) is 6.10 Å². The first-order valence-electron chi connectivity index (χ1n) is 6.96. The summed E-state index contributed by atoms with van der Waals surface area (Å²) < 4.78 is 8.10. The highest BCUT2D eigenvalue weighted by molar-refractivity contribution is 5.77. The van der Waals surface area contributed by atoms with Crippen molar-refractivity contribution in [2.75, 3.05) is 6.61 Å². The van der Waals surface area contributed by atoms with Gasteiger partial charge in [-0.05, 0) is 32.8 Å². The lowest BCUT2D eigenvalue weighted by Crippen LogP contribution is -2.19. The third-order valence-electron chi connectivity index (χ3n) is 3.96. The first-order chi connectivity index (χ1) is 8.72. The second kappa shape index (κ2) is 6.19. The number of carbonyl (C=O) groups is 1. The molecule has 0 bridgehead atoms. The van der Waals surface area contributed by atoms with Gasteiger partial charge >= 0.3 is 0 Å². The minimum absolute atomic E-state index is 0.459. The van der Waals surface area contributed by atoms with Crippen LogP contribution in [0.2, 0.25) is 0 Å². The lowest BCUT2D eigenvalue weighted by Gasteiger charge is -2.22. The van der Waals surface area contributed by atoms with Crippen molar-refractivity contribution in [2.24, 2.45) is 0 Å². The Bertz CT molecular complexity index is 403. The van der Waals surface area contributed by atoms with E-state index in [4.69, 9.17) is 4.74 Å². The van der Waals surface area contributed by atoms with Crippen LogP contribution >= 0.6 is 0 Å². The lowest BCUT2D eigenvalue weighted by molar-refractivity contribution is 0.0237. The summed E-state index contributed by atoms with van der Waals surface area (Å²) in [6.07, 6.45) is 7.79. The number of nitrogens with zero attached hydrogens (tertiary/aromatic N) is 1. The Morgan fingerprint density at radius 2 is 2.06 bits per heavy atom. The second-order valence-electron chi connectivity index (χ2n) is 5.23. The van der Waals surface area contributed by atoms with E-state index in [-0.39, 0.29) is 0 Å². The minimum atomic E-state index is 0.459. The topological polar surface area (TPSA) is 31.2 Å². The molecule has 0 saturated heterocycles. The highest BCUT2D eigenvalue weighted by atomic mass is 16.5. The molecule has 100 valence electrons. The predicted molar refractivity (Wildman–Crippen MR) is 72.1 cm³/mol. The molecular weight excluding hydrogens is 226 g/mol. The molecule has 3 nitrogen and oxygen atoms in total. The molecule has 3 heteroatoms. The van der Waals surface area contributed by atoms with Crippen LogP contribution in [-0.2, 0) is 11.3 Å². The highest BCUT2D eigenvalue weighted by Gasteiger charge is 2.14. The number of hydrogen-bond acceptors (Lipinski definition) is 2. The third kappa shape index (κ3) is 3.02. The van der Waals surface area contributed by atoms with Crippen LogP contribution < -0.4 is 0 Å². The minimum Gasteiger partial charge on any atom is -0.376 e. The van der Waals surface area contributed by atoms with Crippen LogP contribution in [0.1, 0.15) is 53.8 Å². The average Bonchev–Trinajstić information content (AvgIpc) is 2.67. The summed E-state index contributed by atoms with van der Waals surface area (Å²) >= 11 is 0. The first kappa shape index (κ1) is 13.3.